The van der Waals surface area contributed by atoms with E-state index < -0.39 is 17.9 Å². The molecule has 0 atom stereocenters. The van der Waals surface area contributed by atoms with Gasteiger partial charge in [0, 0.05) is 28.7 Å². The molecule has 3 amide bonds. The van der Waals surface area contributed by atoms with Crippen LogP contribution in [0.1, 0.15) is 33.1 Å². The van der Waals surface area contributed by atoms with E-state index in [9.17, 15) is 18.8 Å². The Hall–Kier alpha value is -4.66. The summed E-state index contributed by atoms with van der Waals surface area (Å²) < 4.78 is 25.8. The molecule has 9 heteroatoms. The number of fused-ring (bicyclic) bond motifs is 1. The maximum atomic E-state index is 13.8. The zero-order valence-electron chi connectivity index (χ0n) is 19.6. The quantitative estimate of drug-likeness (QED) is 0.244. The van der Waals surface area contributed by atoms with Crippen molar-refractivity contribution in [3.8, 4) is 0 Å². The summed E-state index contributed by atoms with van der Waals surface area (Å²) in [4.78, 5) is 38.3. The van der Waals surface area contributed by atoms with Crippen LogP contribution in [0.2, 0.25) is 0 Å². The van der Waals surface area contributed by atoms with Gasteiger partial charge in [-0.15, -0.1) is 0 Å². The summed E-state index contributed by atoms with van der Waals surface area (Å²) >= 11 is 0. The zero-order valence-corrected chi connectivity index (χ0v) is 19.6. The fourth-order valence-corrected chi connectivity index (χ4v) is 4.35. The number of nitrogens with one attached hydrogen (secondary N) is 1. The minimum absolute atomic E-state index is 0.0166. The predicted molar refractivity (Wildman–Crippen MR) is 129 cm³/mol. The first kappa shape index (κ1) is 23.1. The number of benzene rings is 2. The molecular weight excluding hydrogens is 465 g/mol. The van der Waals surface area contributed by atoms with E-state index in [-0.39, 0.29) is 29.6 Å². The van der Waals surface area contributed by atoms with Crippen LogP contribution in [0.15, 0.2) is 70.8 Å². The first-order valence-electron chi connectivity index (χ1n) is 11.2. The van der Waals surface area contributed by atoms with Gasteiger partial charge in [-0.2, -0.15) is 0 Å². The molecule has 0 aliphatic carbocycles. The molecule has 0 radical (unpaired) electrons. The molecule has 3 heterocycles. The number of para-hydroxylation sites is 1. The number of amides is 3. The molecule has 0 unspecified atom stereocenters. The molecule has 36 heavy (non-hydrogen) atoms. The van der Waals surface area contributed by atoms with Gasteiger partial charge >= 0.3 is 12.0 Å². The number of urea groups is 1. The lowest BCUT2D eigenvalue weighted by Gasteiger charge is -2.09. The lowest BCUT2D eigenvalue weighted by Crippen LogP contribution is -2.30. The van der Waals surface area contributed by atoms with E-state index in [0.717, 1.165) is 32.6 Å². The molecule has 5 rings (SSSR count). The number of imide groups is 1. The van der Waals surface area contributed by atoms with Crippen LogP contribution in [0.4, 0.5) is 9.18 Å². The maximum absolute atomic E-state index is 13.8. The Morgan fingerprint density at radius 2 is 1.89 bits per heavy atom. The third kappa shape index (κ3) is 4.15. The summed E-state index contributed by atoms with van der Waals surface area (Å²) in [5.41, 5.74) is 3.49. The van der Waals surface area contributed by atoms with Crippen molar-refractivity contribution in [1.82, 2.24) is 14.8 Å². The Labute approximate surface area is 205 Å². The highest BCUT2D eigenvalue weighted by molar-refractivity contribution is 6.14. The van der Waals surface area contributed by atoms with Gasteiger partial charge in [0.05, 0.1) is 13.7 Å². The van der Waals surface area contributed by atoms with Gasteiger partial charge in [0.25, 0.3) is 5.91 Å². The van der Waals surface area contributed by atoms with Crippen LogP contribution in [0, 0.1) is 12.7 Å². The minimum Gasteiger partial charge on any atom is -0.463 e. The van der Waals surface area contributed by atoms with Crippen molar-refractivity contribution in [2.75, 3.05) is 7.11 Å². The maximum Gasteiger partial charge on any atom is 0.373 e. The van der Waals surface area contributed by atoms with Crippen LogP contribution in [-0.2, 0) is 22.6 Å². The number of ether oxygens (including phenoxy) is 1. The first-order valence-corrected chi connectivity index (χ1v) is 11.2. The van der Waals surface area contributed by atoms with Crippen LogP contribution in [0.25, 0.3) is 17.0 Å². The Morgan fingerprint density at radius 3 is 2.67 bits per heavy atom. The first-order chi connectivity index (χ1) is 17.4. The molecule has 0 saturated carbocycles. The summed E-state index contributed by atoms with van der Waals surface area (Å²) in [5, 5.41) is 3.52. The minimum atomic E-state index is -0.649. The van der Waals surface area contributed by atoms with Gasteiger partial charge in [-0.25, -0.2) is 14.0 Å². The van der Waals surface area contributed by atoms with Crippen LogP contribution in [0.3, 0.4) is 0 Å². The fourth-order valence-electron chi connectivity index (χ4n) is 4.35. The second kappa shape index (κ2) is 9.18. The molecule has 1 aliphatic heterocycles. The highest BCUT2D eigenvalue weighted by Crippen LogP contribution is 2.30. The van der Waals surface area contributed by atoms with Crippen LogP contribution < -0.4 is 5.32 Å². The normalized spacial score (nSPS) is 14.6. The predicted octanol–water partition coefficient (Wildman–Crippen LogP) is 4.61. The average molecular weight is 487 g/mol. The molecule has 4 aromatic rings. The fraction of sp³-hybridized carbons (Fsp3) is 0.148. The smallest absolute Gasteiger partial charge is 0.373 e. The van der Waals surface area contributed by atoms with Gasteiger partial charge in [-0.1, -0.05) is 30.3 Å². The molecule has 0 spiro atoms. The number of carbonyl (C=O) groups is 3. The number of hydrogen-bond acceptors (Lipinski definition) is 5. The molecule has 8 nitrogen and oxygen atoms in total. The molecule has 1 N–H and O–H groups in total. The third-order valence-corrected chi connectivity index (χ3v) is 6.12. The largest absolute Gasteiger partial charge is 0.463 e. The van der Waals surface area contributed by atoms with Crippen LogP contribution in [0.5, 0.6) is 0 Å². The summed E-state index contributed by atoms with van der Waals surface area (Å²) in [6.45, 7) is 2.22. The summed E-state index contributed by atoms with van der Waals surface area (Å²) in [6.07, 6.45) is 1.65. The number of halogens is 1. The molecule has 0 bridgehead atoms. The van der Waals surface area contributed by atoms with Gasteiger partial charge < -0.3 is 19.0 Å². The number of methoxy groups -OCH3 is 1. The number of carbonyl (C=O) groups excluding carboxylic acids is 3. The van der Waals surface area contributed by atoms with E-state index in [0.29, 0.717) is 6.54 Å². The lowest BCUT2D eigenvalue weighted by molar-refractivity contribution is -0.123. The highest BCUT2D eigenvalue weighted by atomic mass is 19.1. The van der Waals surface area contributed by atoms with Crippen molar-refractivity contribution in [1.29, 1.82) is 0 Å². The second-order valence-electron chi connectivity index (χ2n) is 8.37. The standard InChI is InChI=1S/C27H22FN3O5/c1-16-21(20-8-3-4-9-23(20)30(16)14-17-6-5-7-18(28)12-17)13-22-25(32)31(27(34)29-22)15-19-10-11-24(36-19)26(33)35-2/h3-13H,14-15H2,1-2H3,(H,29,34)/b22-13-. The highest BCUT2D eigenvalue weighted by Gasteiger charge is 2.35. The molecule has 2 aromatic carbocycles. The lowest BCUT2D eigenvalue weighted by atomic mass is 10.1. The third-order valence-electron chi connectivity index (χ3n) is 6.12. The van der Waals surface area contributed by atoms with Gasteiger partial charge in [0.15, 0.2) is 0 Å². The number of nitrogens with zero attached hydrogens (tertiary/aromatic N) is 2. The van der Waals surface area contributed by atoms with Crippen molar-refractivity contribution in [2.24, 2.45) is 0 Å². The van der Waals surface area contributed by atoms with Crippen molar-refractivity contribution < 1.29 is 27.9 Å². The van der Waals surface area contributed by atoms with E-state index in [1.807, 2.05) is 41.8 Å². The van der Waals surface area contributed by atoms with Gasteiger partial charge in [0.1, 0.15) is 17.3 Å². The van der Waals surface area contributed by atoms with Crippen molar-refractivity contribution >= 4 is 34.9 Å². The Bertz CT molecular complexity index is 1550. The summed E-state index contributed by atoms with van der Waals surface area (Å²) in [6, 6.07) is 16.5. The SMILES string of the molecule is COC(=O)c1ccc(CN2C(=O)N/C(=C\c3c(C)n(Cc4cccc(F)c4)c4ccccc34)C2=O)o1. The van der Waals surface area contributed by atoms with Crippen molar-refractivity contribution in [3.05, 3.63) is 101 Å². The van der Waals surface area contributed by atoms with Crippen LogP contribution >= 0.6 is 0 Å². The topological polar surface area (TPSA) is 93.8 Å². The van der Waals surface area contributed by atoms with E-state index >= 15 is 0 Å². The number of hydrogen-bond donors (Lipinski definition) is 1. The zero-order chi connectivity index (χ0) is 25.4. The van der Waals surface area contributed by atoms with E-state index in [1.165, 1.54) is 31.4 Å². The average Bonchev–Trinajstić information content (AvgIpc) is 3.52. The van der Waals surface area contributed by atoms with Crippen molar-refractivity contribution in [3.63, 3.8) is 0 Å². The molecule has 2 aromatic heterocycles. The van der Waals surface area contributed by atoms with E-state index in [2.05, 4.69) is 10.1 Å². The molecule has 1 fully saturated rings. The number of rotatable bonds is 6. The molecule has 1 aliphatic rings. The molecular formula is C27H22FN3O5. The number of furan rings is 1. The van der Waals surface area contributed by atoms with Gasteiger partial charge in [0.2, 0.25) is 5.76 Å². The number of esters is 1. The van der Waals surface area contributed by atoms with Crippen molar-refractivity contribution in [2.45, 2.75) is 20.0 Å². The van der Waals surface area contributed by atoms with E-state index in [4.69, 9.17) is 4.42 Å². The van der Waals surface area contributed by atoms with Gasteiger partial charge in [-0.3, -0.25) is 9.69 Å². The van der Waals surface area contributed by atoms with Crippen LogP contribution in [-0.4, -0.2) is 34.5 Å². The van der Waals surface area contributed by atoms with E-state index in [1.54, 1.807) is 12.1 Å². The monoisotopic (exact) mass is 487 g/mol. The summed E-state index contributed by atoms with van der Waals surface area (Å²) in [7, 11) is 1.23. The van der Waals surface area contributed by atoms with Gasteiger partial charge in [-0.05, 0) is 48.9 Å². The molecule has 182 valence electrons. The Balaban J connectivity index is 1.46. The Kier molecular flexibility index (Phi) is 5.89. The Morgan fingerprint density at radius 1 is 1.08 bits per heavy atom. The molecule has 1 saturated heterocycles. The summed E-state index contributed by atoms with van der Waals surface area (Å²) in [5.74, 6) is -1.22. The number of aromatic nitrogens is 1. The second-order valence-corrected chi connectivity index (χ2v) is 8.37.